The van der Waals surface area contributed by atoms with Crippen LogP contribution in [0.2, 0.25) is 0 Å². The second-order valence-corrected chi connectivity index (χ2v) is 7.32. The van der Waals surface area contributed by atoms with E-state index in [0.29, 0.717) is 45.7 Å². The number of imide groups is 1. The first-order valence-corrected chi connectivity index (χ1v) is 10.5. The van der Waals surface area contributed by atoms with E-state index in [1.807, 2.05) is 5.32 Å². The smallest absolute Gasteiger partial charge is 0.327 e. The molecule has 0 fully saturated rings. The Bertz CT molecular complexity index is 1430. The Balaban J connectivity index is 1.39. The predicted molar refractivity (Wildman–Crippen MR) is 129 cm³/mol. The number of urea groups is 2. The largest absolute Gasteiger partial charge is 0.493 e. The van der Waals surface area contributed by atoms with Gasteiger partial charge in [-0.2, -0.15) is 0 Å². The zero-order valence-corrected chi connectivity index (χ0v) is 19.1. The molecule has 9 nitrogen and oxygen atoms in total. The summed E-state index contributed by atoms with van der Waals surface area (Å²) in [6.45, 7) is 0. The van der Waals surface area contributed by atoms with Crippen molar-refractivity contribution in [2.45, 2.75) is 0 Å². The van der Waals surface area contributed by atoms with Crippen molar-refractivity contribution >= 4 is 34.3 Å². The van der Waals surface area contributed by atoms with E-state index < -0.39 is 23.7 Å². The Morgan fingerprint density at radius 2 is 1.50 bits per heavy atom. The Morgan fingerprint density at radius 1 is 0.806 bits per heavy atom. The van der Waals surface area contributed by atoms with Gasteiger partial charge < -0.3 is 24.8 Å². The number of anilines is 2. The molecule has 3 N–H and O–H groups in total. The number of ether oxygens (including phenoxy) is 3. The van der Waals surface area contributed by atoms with Gasteiger partial charge in [-0.25, -0.2) is 18.4 Å². The number of amides is 4. The van der Waals surface area contributed by atoms with Crippen molar-refractivity contribution in [3.05, 3.63) is 78.5 Å². The fraction of sp³-hybridized carbons (Fsp3) is 0.0800. The Kier molecular flexibility index (Phi) is 7.10. The fourth-order valence-electron chi connectivity index (χ4n) is 3.28. The lowest BCUT2D eigenvalue weighted by molar-refractivity contribution is 0.240. The minimum atomic E-state index is -0.991. The highest BCUT2D eigenvalue weighted by molar-refractivity contribution is 6.05. The van der Waals surface area contributed by atoms with E-state index in [-0.39, 0.29) is 5.69 Å². The number of halogens is 2. The summed E-state index contributed by atoms with van der Waals surface area (Å²) in [6, 6.07) is 12.4. The molecule has 1 aromatic heterocycles. The number of hydrogen-bond donors (Lipinski definition) is 3. The van der Waals surface area contributed by atoms with Crippen LogP contribution in [0.15, 0.2) is 66.9 Å². The number of rotatable bonds is 6. The number of pyridine rings is 1. The minimum Gasteiger partial charge on any atom is -0.493 e. The van der Waals surface area contributed by atoms with Gasteiger partial charge in [0.1, 0.15) is 23.1 Å². The minimum absolute atomic E-state index is 0.275. The third kappa shape index (κ3) is 5.58. The molecule has 36 heavy (non-hydrogen) atoms. The number of carbonyl (C=O) groups is 2. The molecule has 11 heteroatoms. The first-order valence-electron chi connectivity index (χ1n) is 10.5. The number of methoxy groups -OCH3 is 2. The van der Waals surface area contributed by atoms with Crippen molar-refractivity contribution in [2.24, 2.45) is 0 Å². The second kappa shape index (κ2) is 10.6. The van der Waals surface area contributed by atoms with Gasteiger partial charge in [0.25, 0.3) is 0 Å². The highest BCUT2D eigenvalue weighted by Crippen LogP contribution is 2.37. The summed E-state index contributed by atoms with van der Waals surface area (Å²) >= 11 is 0. The Hall–Kier alpha value is -4.93. The lowest BCUT2D eigenvalue weighted by Crippen LogP contribution is -2.37. The predicted octanol–water partition coefficient (Wildman–Crippen LogP) is 5.68. The molecule has 0 aliphatic rings. The number of fused-ring (bicyclic) bond motifs is 1. The van der Waals surface area contributed by atoms with Crippen LogP contribution in [0.25, 0.3) is 10.9 Å². The van der Waals surface area contributed by atoms with E-state index in [9.17, 15) is 18.4 Å². The average Bonchev–Trinajstić information content (AvgIpc) is 2.86. The molecule has 1 heterocycles. The van der Waals surface area contributed by atoms with E-state index in [4.69, 9.17) is 14.2 Å². The average molecular weight is 494 g/mol. The van der Waals surface area contributed by atoms with Crippen LogP contribution in [0.1, 0.15) is 0 Å². The van der Waals surface area contributed by atoms with Crippen LogP contribution in [0, 0.1) is 11.6 Å². The normalized spacial score (nSPS) is 10.4. The molecule has 4 aromatic rings. The van der Waals surface area contributed by atoms with Gasteiger partial charge in [0.05, 0.1) is 25.4 Å². The van der Waals surface area contributed by atoms with Crippen LogP contribution in [-0.2, 0) is 0 Å². The fourth-order valence-corrected chi connectivity index (χ4v) is 3.28. The van der Waals surface area contributed by atoms with Gasteiger partial charge in [-0.05, 0) is 48.5 Å². The molecule has 0 bridgehead atoms. The first-order chi connectivity index (χ1) is 17.4. The van der Waals surface area contributed by atoms with Gasteiger partial charge in [-0.15, -0.1) is 0 Å². The molecule has 0 aliphatic carbocycles. The zero-order chi connectivity index (χ0) is 25.7. The molecule has 0 radical (unpaired) electrons. The summed E-state index contributed by atoms with van der Waals surface area (Å²) in [6.07, 6.45) is 1.60. The molecule has 0 atom stereocenters. The SMILES string of the molecule is COc1cc2nccc(Oc3ccc(NC(=O)NC(=O)Nc4ccc(F)cc4F)cc3)c2cc1OC. The van der Waals surface area contributed by atoms with Crippen molar-refractivity contribution in [1.82, 2.24) is 10.3 Å². The monoisotopic (exact) mass is 494 g/mol. The highest BCUT2D eigenvalue weighted by Gasteiger charge is 2.13. The summed E-state index contributed by atoms with van der Waals surface area (Å²) in [5.41, 5.74) is 0.744. The Labute approximate surface area is 204 Å². The number of benzene rings is 3. The molecular weight excluding hydrogens is 474 g/mol. The molecule has 0 spiro atoms. The van der Waals surface area contributed by atoms with Crippen molar-refractivity contribution in [1.29, 1.82) is 0 Å². The number of nitrogens with zero attached hydrogens (tertiary/aromatic N) is 1. The van der Waals surface area contributed by atoms with E-state index >= 15 is 0 Å². The maximum absolute atomic E-state index is 13.6. The van der Waals surface area contributed by atoms with Gasteiger partial charge >= 0.3 is 12.1 Å². The molecule has 184 valence electrons. The number of nitrogens with one attached hydrogen (secondary N) is 3. The van der Waals surface area contributed by atoms with Crippen LogP contribution < -0.4 is 30.2 Å². The summed E-state index contributed by atoms with van der Waals surface area (Å²) in [5, 5.41) is 7.30. The third-order valence-corrected chi connectivity index (χ3v) is 4.95. The molecule has 0 saturated carbocycles. The van der Waals surface area contributed by atoms with Crippen LogP contribution in [-0.4, -0.2) is 31.3 Å². The molecule has 4 rings (SSSR count). The molecular formula is C25H20F2N4O5. The van der Waals surface area contributed by atoms with Gasteiger partial charge in [0.2, 0.25) is 0 Å². The first kappa shape index (κ1) is 24.2. The third-order valence-electron chi connectivity index (χ3n) is 4.95. The molecule has 4 amide bonds. The van der Waals surface area contributed by atoms with E-state index in [0.717, 1.165) is 12.1 Å². The molecule has 3 aromatic carbocycles. The van der Waals surface area contributed by atoms with Crippen LogP contribution in [0.3, 0.4) is 0 Å². The summed E-state index contributed by atoms with van der Waals surface area (Å²) < 4.78 is 43.2. The molecule has 0 saturated heterocycles. The molecule has 0 unspecified atom stereocenters. The highest BCUT2D eigenvalue weighted by atomic mass is 19.1. The van der Waals surface area contributed by atoms with Crippen molar-refractivity contribution in [3.8, 4) is 23.0 Å². The number of carbonyl (C=O) groups excluding carboxylic acids is 2. The second-order valence-electron chi connectivity index (χ2n) is 7.32. The maximum atomic E-state index is 13.6. The van der Waals surface area contributed by atoms with E-state index in [1.54, 1.807) is 48.7 Å². The maximum Gasteiger partial charge on any atom is 0.327 e. The topological polar surface area (TPSA) is 111 Å². The van der Waals surface area contributed by atoms with Gasteiger partial charge in [0.15, 0.2) is 11.5 Å². The van der Waals surface area contributed by atoms with Crippen LogP contribution in [0.5, 0.6) is 23.0 Å². The quantitative estimate of drug-likeness (QED) is 0.318. The summed E-state index contributed by atoms with van der Waals surface area (Å²) in [5.74, 6) is 0.317. The van der Waals surface area contributed by atoms with Gasteiger partial charge in [-0.1, -0.05) is 0 Å². The number of hydrogen-bond acceptors (Lipinski definition) is 6. The van der Waals surface area contributed by atoms with E-state index in [2.05, 4.69) is 15.6 Å². The van der Waals surface area contributed by atoms with E-state index in [1.165, 1.54) is 14.2 Å². The van der Waals surface area contributed by atoms with Crippen LogP contribution in [0.4, 0.5) is 29.7 Å². The molecule has 0 aliphatic heterocycles. The number of aromatic nitrogens is 1. The standard InChI is InChI=1S/C25H20F2N4O5/c1-34-22-12-17-20(13-23(22)35-2)28-10-9-21(17)36-16-6-4-15(5-7-16)29-24(32)31-25(33)30-19-8-3-14(26)11-18(19)27/h3-13H,1-2H3,(H3,29,30,31,32,33). The summed E-state index contributed by atoms with van der Waals surface area (Å²) in [7, 11) is 3.07. The lowest BCUT2D eigenvalue weighted by atomic mass is 10.2. The lowest BCUT2D eigenvalue weighted by Gasteiger charge is -2.13. The van der Waals surface area contributed by atoms with Crippen molar-refractivity contribution in [3.63, 3.8) is 0 Å². The Morgan fingerprint density at radius 3 is 2.19 bits per heavy atom. The van der Waals surface area contributed by atoms with Crippen molar-refractivity contribution < 1.29 is 32.6 Å². The van der Waals surface area contributed by atoms with Crippen molar-refractivity contribution in [2.75, 3.05) is 24.9 Å². The van der Waals surface area contributed by atoms with Gasteiger partial charge in [-0.3, -0.25) is 10.3 Å². The van der Waals surface area contributed by atoms with Gasteiger partial charge in [0, 0.05) is 29.4 Å². The summed E-state index contributed by atoms with van der Waals surface area (Å²) in [4.78, 5) is 28.3. The van der Waals surface area contributed by atoms with Crippen LogP contribution >= 0.6 is 0 Å². The zero-order valence-electron chi connectivity index (χ0n) is 19.1.